The summed E-state index contributed by atoms with van der Waals surface area (Å²) in [4.78, 5) is 4.81. The molecule has 0 aliphatic heterocycles. The standard InChI is InChI=1S/C27H21N3O3S/c1-19-14-16-21(17-15-19)34(31,32)33-26-13-7-2-8-20(26)18-28-30-27-22-9-3-5-11-24(22)29-25-12-6-4-10-23(25)27/h2-18H,1H3,(H,29,30)/b28-18+. The maximum Gasteiger partial charge on any atom is 0.339 e. The van der Waals surface area contributed by atoms with Crippen LogP contribution in [0.4, 0.5) is 5.69 Å². The zero-order valence-electron chi connectivity index (χ0n) is 18.3. The quantitative estimate of drug-likeness (QED) is 0.145. The first-order valence-electron chi connectivity index (χ1n) is 10.7. The molecule has 0 unspecified atom stereocenters. The van der Waals surface area contributed by atoms with E-state index in [1.54, 1.807) is 42.6 Å². The highest BCUT2D eigenvalue weighted by Gasteiger charge is 2.18. The number of anilines is 1. The second kappa shape index (κ2) is 8.96. The van der Waals surface area contributed by atoms with Gasteiger partial charge in [-0.2, -0.15) is 13.5 Å². The van der Waals surface area contributed by atoms with Crippen molar-refractivity contribution in [2.75, 3.05) is 5.43 Å². The molecule has 34 heavy (non-hydrogen) atoms. The van der Waals surface area contributed by atoms with Gasteiger partial charge in [-0.3, -0.25) is 5.43 Å². The third-order valence-electron chi connectivity index (χ3n) is 5.40. The fourth-order valence-corrected chi connectivity index (χ4v) is 4.61. The predicted molar refractivity (Wildman–Crippen MR) is 136 cm³/mol. The lowest BCUT2D eigenvalue weighted by Crippen LogP contribution is -2.11. The van der Waals surface area contributed by atoms with Gasteiger partial charge in [0, 0.05) is 16.3 Å². The maximum atomic E-state index is 12.8. The van der Waals surface area contributed by atoms with E-state index in [1.807, 2.05) is 55.5 Å². The van der Waals surface area contributed by atoms with Crippen molar-refractivity contribution in [3.63, 3.8) is 0 Å². The SMILES string of the molecule is Cc1ccc(S(=O)(=O)Oc2ccccc2/C=N/Nc2c3ccccc3nc3ccccc23)cc1. The summed E-state index contributed by atoms with van der Waals surface area (Å²) in [5.41, 5.74) is 7.15. The Hall–Kier alpha value is -4.23. The lowest BCUT2D eigenvalue weighted by molar-refractivity contribution is 0.485. The van der Waals surface area contributed by atoms with Crippen LogP contribution in [0.15, 0.2) is 107 Å². The van der Waals surface area contributed by atoms with Crippen LogP contribution in [0.1, 0.15) is 11.1 Å². The number of nitrogens with zero attached hydrogens (tertiary/aromatic N) is 2. The first kappa shape index (κ1) is 21.6. The molecule has 7 heteroatoms. The minimum atomic E-state index is -3.98. The molecule has 0 amide bonds. The molecule has 0 aliphatic rings. The van der Waals surface area contributed by atoms with E-state index >= 15 is 0 Å². The monoisotopic (exact) mass is 467 g/mol. The fourth-order valence-electron chi connectivity index (χ4n) is 3.66. The third kappa shape index (κ3) is 4.33. The van der Waals surface area contributed by atoms with Crippen molar-refractivity contribution in [3.05, 3.63) is 108 Å². The van der Waals surface area contributed by atoms with Gasteiger partial charge >= 0.3 is 10.1 Å². The lowest BCUT2D eigenvalue weighted by Gasteiger charge is -2.11. The van der Waals surface area contributed by atoms with E-state index in [9.17, 15) is 8.42 Å². The molecule has 0 saturated heterocycles. The summed E-state index contributed by atoms with van der Waals surface area (Å²) < 4.78 is 31.0. The molecule has 4 aromatic carbocycles. The first-order chi connectivity index (χ1) is 16.5. The Morgan fingerprint density at radius 2 is 1.38 bits per heavy atom. The number of aromatic nitrogens is 1. The normalized spacial score (nSPS) is 11.8. The van der Waals surface area contributed by atoms with E-state index in [1.165, 1.54) is 12.1 Å². The molecular weight excluding hydrogens is 446 g/mol. The molecular formula is C27H21N3O3S. The average Bonchev–Trinajstić information content (AvgIpc) is 2.84. The molecule has 0 bridgehead atoms. The van der Waals surface area contributed by atoms with Gasteiger partial charge in [0.15, 0.2) is 5.75 Å². The molecule has 0 radical (unpaired) electrons. The van der Waals surface area contributed by atoms with Crippen LogP contribution in [-0.2, 0) is 10.1 Å². The van der Waals surface area contributed by atoms with Crippen LogP contribution in [0.2, 0.25) is 0 Å². The molecule has 1 N–H and O–H groups in total. The summed E-state index contributed by atoms with van der Waals surface area (Å²) in [6.45, 7) is 1.89. The summed E-state index contributed by atoms with van der Waals surface area (Å²) in [5.74, 6) is 0.193. The number of fused-ring (bicyclic) bond motifs is 2. The van der Waals surface area contributed by atoms with E-state index in [0.29, 0.717) is 5.56 Å². The molecule has 0 spiro atoms. The van der Waals surface area contributed by atoms with Gasteiger partial charge < -0.3 is 4.18 Å². The Bertz CT molecular complexity index is 1580. The minimum absolute atomic E-state index is 0.0951. The van der Waals surface area contributed by atoms with Gasteiger partial charge in [0.1, 0.15) is 4.90 Å². The first-order valence-corrected chi connectivity index (χ1v) is 12.1. The van der Waals surface area contributed by atoms with Gasteiger partial charge in [-0.25, -0.2) is 4.98 Å². The van der Waals surface area contributed by atoms with Gasteiger partial charge in [-0.1, -0.05) is 66.2 Å². The van der Waals surface area contributed by atoms with E-state index < -0.39 is 10.1 Å². The van der Waals surface area contributed by atoms with Crippen LogP contribution >= 0.6 is 0 Å². The summed E-state index contributed by atoms with van der Waals surface area (Å²) in [6, 6.07) is 29.1. The fraction of sp³-hybridized carbons (Fsp3) is 0.0370. The van der Waals surface area contributed by atoms with Gasteiger partial charge in [0.2, 0.25) is 0 Å². The number of benzene rings is 4. The van der Waals surface area contributed by atoms with Gasteiger partial charge in [-0.05, 0) is 43.3 Å². The zero-order chi connectivity index (χ0) is 23.5. The van der Waals surface area contributed by atoms with E-state index in [-0.39, 0.29) is 10.6 Å². The van der Waals surface area contributed by atoms with Crippen molar-refractivity contribution < 1.29 is 12.6 Å². The van der Waals surface area contributed by atoms with Gasteiger partial charge in [0.05, 0.1) is 22.9 Å². The highest BCUT2D eigenvalue weighted by Crippen LogP contribution is 2.30. The molecule has 5 rings (SSSR count). The highest BCUT2D eigenvalue weighted by atomic mass is 32.2. The van der Waals surface area contributed by atoms with Crippen molar-refractivity contribution in [1.29, 1.82) is 0 Å². The number of aryl methyl sites for hydroxylation is 1. The summed E-state index contributed by atoms with van der Waals surface area (Å²) in [6.07, 6.45) is 1.55. The zero-order valence-corrected chi connectivity index (χ0v) is 19.2. The van der Waals surface area contributed by atoms with E-state index in [0.717, 1.165) is 33.1 Å². The van der Waals surface area contributed by atoms with Crippen LogP contribution in [0, 0.1) is 6.92 Å². The number of para-hydroxylation sites is 3. The highest BCUT2D eigenvalue weighted by molar-refractivity contribution is 7.87. The average molecular weight is 468 g/mol. The van der Waals surface area contributed by atoms with Crippen LogP contribution in [0.25, 0.3) is 21.8 Å². The molecule has 1 aromatic heterocycles. The lowest BCUT2D eigenvalue weighted by atomic mass is 10.1. The number of hydrogen-bond acceptors (Lipinski definition) is 6. The van der Waals surface area contributed by atoms with Crippen molar-refractivity contribution >= 4 is 43.8 Å². The molecule has 5 aromatic rings. The predicted octanol–water partition coefficient (Wildman–Crippen LogP) is 5.91. The number of nitrogens with one attached hydrogen (secondary N) is 1. The Morgan fingerprint density at radius 3 is 2.06 bits per heavy atom. The number of hydrazone groups is 1. The topological polar surface area (TPSA) is 80.7 Å². The Labute approximate surface area is 197 Å². The molecule has 0 fully saturated rings. The van der Waals surface area contributed by atoms with Crippen molar-refractivity contribution in [2.24, 2.45) is 5.10 Å². The molecule has 6 nitrogen and oxygen atoms in total. The summed E-state index contributed by atoms with van der Waals surface area (Å²) in [5, 5.41) is 6.28. The minimum Gasteiger partial charge on any atom is -0.378 e. The third-order valence-corrected chi connectivity index (χ3v) is 6.64. The van der Waals surface area contributed by atoms with Crippen LogP contribution in [-0.4, -0.2) is 19.6 Å². The van der Waals surface area contributed by atoms with Crippen molar-refractivity contribution in [1.82, 2.24) is 4.98 Å². The molecule has 0 atom stereocenters. The number of pyridine rings is 1. The molecule has 0 aliphatic carbocycles. The van der Waals surface area contributed by atoms with E-state index in [2.05, 4.69) is 10.5 Å². The summed E-state index contributed by atoms with van der Waals surface area (Å²) >= 11 is 0. The largest absolute Gasteiger partial charge is 0.378 e. The van der Waals surface area contributed by atoms with Crippen LogP contribution in [0.3, 0.4) is 0 Å². The van der Waals surface area contributed by atoms with Crippen LogP contribution < -0.4 is 9.61 Å². The summed E-state index contributed by atoms with van der Waals surface area (Å²) in [7, 11) is -3.98. The second-order valence-corrected chi connectivity index (χ2v) is 9.33. The van der Waals surface area contributed by atoms with Crippen molar-refractivity contribution in [2.45, 2.75) is 11.8 Å². The molecule has 168 valence electrons. The Kier molecular flexibility index (Phi) is 5.69. The van der Waals surface area contributed by atoms with E-state index in [4.69, 9.17) is 9.17 Å². The molecule has 1 heterocycles. The van der Waals surface area contributed by atoms with Crippen molar-refractivity contribution in [3.8, 4) is 5.75 Å². The Balaban J connectivity index is 1.46. The number of rotatable bonds is 6. The Morgan fingerprint density at radius 1 is 0.794 bits per heavy atom. The van der Waals surface area contributed by atoms with Gasteiger partial charge in [-0.15, -0.1) is 0 Å². The number of hydrogen-bond donors (Lipinski definition) is 1. The van der Waals surface area contributed by atoms with Gasteiger partial charge in [0.25, 0.3) is 0 Å². The smallest absolute Gasteiger partial charge is 0.339 e. The maximum absolute atomic E-state index is 12.8. The van der Waals surface area contributed by atoms with Crippen LogP contribution in [0.5, 0.6) is 5.75 Å². The molecule has 0 saturated carbocycles. The second-order valence-electron chi connectivity index (χ2n) is 7.78.